The van der Waals surface area contributed by atoms with Crippen molar-refractivity contribution in [3.8, 4) is 0 Å². The van der Waals surface area contributed by atoms with Gasteiger partial charge >= 0.3 is 5.72 Å². The number of likely N-dealkylation sites (N-methyl/N-ethyl adjacent to an activating group) is 1. The van der Waals surface area contributed by atoms with Crippen LogP contribution < -0.4 is 0 Å². The molecule has 0 fully saturated rings. The topological polar surface area (TPSA) is 66.6 Å². The van der Waals surface area contributed by atoms with Gasteiger partial charge in [0.25, 0.3) is 0 Å². The van der Waals surface area contributed by atoms with Gasteiger partial charge in [0.15, 0.2) is 0 Å². The molecule has 0 spiro atoms. The zero-order valence-electron chi connectivity index (χ0n) is 10.2. The zero-order valence-corrected chi connectivity index (χ0v) is 10.2. The molecule has 17 heavy (non-hydrogen) atoms. The third-order valence-electron chi connectivity index (χ3n) is 2.88. The van der Waals surface area contributed by atoms with Crippen LogP contribution in [0.4, 0.5) is 0 Å². The van der Waals surface area contributed by atoms with Crippen LogP contribution in [0.25, 0.3) is 0 Å². The van der Waals surface area contributed by atoms with Crippen LogP contribution >= 0.6 is 0 Å². The summed E-state index contributed by atoms with van der Waals surface area (Å²) in [4.78, 5) is 12.3. The van der Waals surface area contributed by atoms with Crippen molar-refractivity contribution in [2.24, 2.45) is 0 Å². The van der Waals surface area contributed by atoms with Crippen LogP contribution in [0.1, 0.15) is 19.4 Å². The third kappa shape index (κ3) is 3.01. The first-order chi connectivity index (χ1) is 8.04. The van der Waals surface area contributed by atoms with E-state index in [1.807, 2.05) is 18.7 Å². The van der Waals surface area contributed by atoms with Gasteiger partial charge in [-0.1, -0.05) is 32.0 Å². The van der Waals surface area contributed by atoms with Crippen molar-refractivity contribution in [3.63, 3.8) is 0 Å². The number of aliphatic hydroxyl groups is 1. The van der Waals surface area contributed by atoms with E-state index in [1.54, 1.807) is 30.3 Å². The van der Waals surface area contributed by atoms with E-state index < -0.39 is 10.6 Å². The molecule has 0 aliphatic rings. The van der Waals surface area contributed by atoms with Gasteiger partial charge in [0.05, 0.1) is 10.5 Å². The molecular formula is C12H18N2O3. The minimum absolute atomic E-state index is 0.00296. The quantitative estimate of drug-likeness (QED) is 0.463. The van der Waals surface area contributed by atoms with Gasteiger partial charge in [-0.15, -0.1) is 0 Å². The monoisotopic (exact) mass is 238 g/mol. The first-order valence-electron chi connectivity index (χ1n) is 5.69. The highest BCUT2D eigenvalue weighted by atomic mass is 16.7. The van der Waals surface area contributed by atoms with Crippen molar-refractivity contribution in [2.75, 3.05) is 19.6 Å². The molecule has 0 aromatic heterocycles. The molecule has 0 saturated carbocycles. The van der Waals surface area contributed by atoms with Crippen LogP contribution in [-0.2, 0) is 5.72 Å². The van der Waals surface area contributed by atoms with Crippen molar-refractivity contribution >= 4 is 0 Å². The van der Waals surface area contributed by atoms with Crippen molar-refractivity contribution in [1.29, 1.82) is 0 Å². The summed E-state index contributed by atoms with van der Waals surface area (Å²) in [6, 6.07) is 8.29. The average Bonchev–Trinajstić information content (AvgIpc) is 2.36. The molecule has 1 unspecified atom stereocenters. The second-order valence-electron chi connectivity index (χ2n) is 3.90. The highest BCUT2D eigenvalue weighted by molar-refractivity contribution is 5.20. The Labute approximate surface area is 101 Å². The van der Waals surface area contributed by atoms with Gasteiger partial charge in [0, 0.05) is 0 Å². The number of nitrogens with zero attached hydrogens (tertiary/aromatic N) is 2. The Morgan fingerprint density at radius 2 is 1.82 bits per heavy atom. The van der Waals surface area contributed by atoms with E-state index in [0.717, 1.165) is 0 Å². The van der Waals surface area contributed by atoms with Crippen LogP contribution in [0.5, 0.6) is 0 Å². The normalized spacial score (nSPS) is 14.6. The van der Waals surface area contributed by atoms with Crippen LogP contribution in [0, 0.1) is 10.1 Å². The Bertz CT molecular complexity index is 365. The summed E-state index contributed by atoms with van der Waals surface area (Å²) in [5, 5.41) is 21.4. The third-order valence-corrected chi connectivity index (χ3v) is 2.88. The number of rotatable bonds is 6. The summed E-state index contributed by atoms with van der Waals surface area (Å²) >= 11 is 0. The van der Waals surface area contributed by atoms with Crippen molar-refractivity contribution in [3.05, 3.63) is 46.0 Å². The molecule has 0 aliphatic carbocycles. The molecule has 1 rings (SSSR count). The lowest BCUT2D eigenvalue weighted by Gasteiger charge is -2.26. The largest absolute Gasteiger partial charge is 0.361 e. The number of nitro groups is 1. The molecule has 1 N–H and O–H groups in total. The molecule has 0 amide bonds. The van der Waals surface area contributed by atoms with Gasteiger partial charge < -0.3 is 5.11 Å². The first-order valence-corrected chi connectivity index (χ1v) is 5.69. The second kappa shape index (κ2) is 5.75. The molecule has 5 nitrogen and oxygen atoms in total. The number of hydrogen-bond acceptors (Lipinski definition) is 4. The highest BCUT2D eigenvalue weighted by Crippen LogP contribution is 2.22. The fourth-order valence-electron chi connectivity index (χ4n) is 1.72. The maximum atomic E-state index is 11.1. The molecule has 1 atom stereocenters. The molecule has 0 radical (unpaired) electrons. The standard InChI is InChI=1S/C12H18N2O3/c1-3-13(4-2)10-12(15,14(16)17)11-8-6-5-7-9-11/h5-9,15H,3-4,10H2,1-2H3. The van der Waals surface area contributed by atoms with E-state index in [0.29, 0.717) is 18.7 Å². The van der Waals surface area contributed by atoms with E-state index in [-0.39, 0.29) is 6.54 Å². The minimum atomic E-state index is -2.03. The maximum Gasteiger partial charge on any atom is 0.361 e. The SMILES string of the molecule is CCN(CC)CC(O)(c1ccccc1)[N+](=O)[O-]. The van der Waals surface area contributed by atoms with E-state index in [9.17, 15) is 15.2 Å². The first kappa shape index (κ1) is 13.6. The Morgan fingerprint density at radius 3 is 2.24 bits per heavy atom. The van der Waals surface area contributed by atoms with Crippen LogP contribution in [0.3, 0.4) is 0 Å². The molecule has 0 heterocycles. The van der Waals surface area contributed by atoms with Gasteiger partial charge in [-0.25, -0.2) is 0 Å². The smallest absolute Gasteiger partial charge is 0.326 e. The minimum Gasteiger partial charge on any atom is -0.326 e. The van der Waals surface area contributed by atoms with Crippen LogP contribution in [-0.4, -0.2) is 34.6 Å². The molecular weight excluding hydrogens is 220 g/mol. The molecule has 0 aliphatic heterocycles. The molecule has 5 heteroatoms. The van der Waals surface area contributed by atoms with Gasteiger partial charge in [0.2, 0.25) is 0 Å². The van der Waals surface area contributed by atoms with E-state index in [4.69, 9.17) is 0 Å². The number of hydrogen-bond donors (Lipinski definition) is 1. The van der Waals surface area contributed by atoms with Gasteiger partial charge in [-0.2, -0.15) is 0 Å². The van der Waals surface area contributed by atoms with Crippen molar-refractivity contribution < 1.29 is 10.0 Å². The fraction of sp³-hybridized carbons (Fsp3) is 0.500. The Hall–Kier alpha value is -1.46. The fourth-order valence-corrected chi connectivity index (χ4v) is 1.72. The number of benzene rings is 1. The van der Waals surface area contributed by atoms with Crippen molar-refractivity contribution in [2.45, 2.75) is 19.6 Å². The molecule has 0 saturated heterocycles. The summed E-state index contributed by atoms with van der Waals surface area (Å²) in [6.07, 6.45) is 0. The van der Waals surface area contributed by atoms with Gasteiger partial charge in [0.1, 0.15) is 6.54 Å². The van der Waals surface area contributed by atoms with Gasteiger partial charge in [-0.05, 0) is 25.2 Å². The highest BCUT2D eigenvalue weighted by Gasteiger charge is 2.43. The molecule has 1 aromatic rings. The average molecular weight is 238 g/mol. The summed E-state index contributed by atoms with van der Waals surface area (Å²) in [5.74, 6) is 0. The van der Waals surface area contributed by atoms with Crippen molar-refractivity contribution in [1.82, 2.24) is 4.90 Å². The zero-order chi connectivity index (χ0) is 12.9. The Balaban J connectivity index is 3.02. The van der Waals surface area contributed by atoms with Gasteiger partial charge in [-0.3, -0.25) is 15.0 Å². The van der Waals surface area contributed by atoms with E-state index in [2.05, 4.69) is 0 Å². The summed E-state index contributed by atoms with van der Waals surface area (Å²) in [5.41, 5.74) is -1.72. The summed E-state index contributed by atoms with van der Waals surface area (Å²) in [6.45, 7) is 5.15. The lowest BCUT2D eigenvalue weighted by molar-refractivity contribution is -0.636. The van der Waals surface area contributed by atoms with Crippen LogP contribution in [0.2, 0.25) is 0 Å². The lowest BCUT2D eigenvalue weighted by atomic mass is 10.0. The summed E-state index contributed by atoms with van der Waals surface area (Å²) < 4.78 is 0. The maximum absolute atomic E-state index is 11.1. The predicted octanol–water partition coefficient (Wildman–Crippen LogP) is 1.45. The summed E-state index contributed by atoms with van der Waals surface area (Å²) in [7, 11) is 0. The van der Waals surface area contributed by atoms with E-state index >= 15 is 0 Å². The molecule has 94 valence electrons. The predicted molar refractivity (Wildman–Crippen MR) is 65.1 cm³/mol. The molecule has 1 aromatic carbocycles. The Morgan fingerprint density at radius 1 is 1.29 bits per heavy atom. The second-order valence-corrected chi connectivity index (χ2v) is 3.90. The Kier molecular flexibility index (Phi) is 4.60. The van der Waals surface area contributed by atoms with Crippen LogP contribution in [0.15, 0.2) is 30.3 Å². The molecule has 0 bridgehead atoms. The van der Waals surface area contributed by atoms with E-state index in [1.165, 1.54) is 0 Å². The lowest BCUT2D eigenvalue weighted by Crippen LogP contribution is -2.46.